The molecule has 0 aliphatic heterocycles. The Morgan fingerprint density at radius 2 is 2.00 bits per heavy atom. The van der Waals surface area contributed by atoms with Crippen LogP contribution in [0, 0.1) is 0 Å². The van der Waals surface area contributed by atoms with Crippen molar-refractivity contribution in [2.75, 3.05) is 0 Å². The largest absolute Gasteiger partial charge is 0.707 e. The highest BCUT2D eigenvalue weighted by atomic mass is 16.6. The summed E-state index contributed by atoms with van der Waals surface area (Å²) in [7, 11) is -1.75. The lowest BCUT2D eigenvalue weighted by molar-refractivity contribution is 0.288. The molecular weight excluding hydrogens is 167 g/mol. The van der Waals surface area contributed by atoms with Crippen molar-refractivity contribution in [3.05, 3.63) is 29.8 Å². The van der Waals surface area contributed by atoms with Crippen molar-refractivity contribution in [1.29, 1.82) is 0 Å². The molecule has 1 aromatic carbocycles. The van der Waals surface area contributed by atoms with Crippen molar-refractivity contribution in [1.82, 2.24) is 0 Å². The zero-order valence-electron chi connectivity index (χ0n) is 7.77. The maximum atomic E-state index is 8.57. The van der Waals surface area contributed by atoms with Gasteiger partial charge < -0.3 is 14.7 Å². The van der Waals surface area contributed by atoms with Crippen LogP contribution in [0.3, 0.4) is 0 Å². The summed E-state index contributed by atoms with van der Waals surface area (Å²) in [5.74, 6) is 0.876. The van der Waals surface area contributed by atoms with E-state index >= 15 is 0 Å². The second-order valence-corrected chi connectivity index (χ2v) is 3.17. The zero-order valence-corrected chi connectivity index (χ0v) is 7.77. The van der Waals surface area contributed by atoms with Crippen LogP contribution < -0.4 is 4.65 Å². The molecule has 0 atom stereocenters. The quantitative estimate of drug-likeness (QED) is 0.686. The van der Waals surface area contributed by atoms with Crippen LogP contribution in [0.2, 0.25) is 0 Å². The molecule has 4 heteroatoms. The maximum absolute atomic E-state index is 8.57. The van der Waals surface area contributed by atoms with Gasteiger partial charge in [-0.15, -0.1) is 0 Å². The van der Waals surface area contributed by atoms with E-state index in [-0.39, 0.29) is 0 Å². The van der Waals surface area contributed by atoms with E-state index in [1.807, 2.05) is 12.1 Å². The van der Waals surface area contributed by atoms with Crippen LogP contribution in [-0.2, 0) is 0 Å². The standard InChI is InChI=1S/C9H13BO3/c1-7(2)8-4-3-5-9(6-8)13-10(11)12/h3-7,11-12H,1-2H3. The van der Waals surface area contributed by atoms with E-state index < -0.39 is 7.32 Å². The highest BCUT2D eigenvalue weighted by Gasteiger charge is 2.11. The van der Waals surface area contributed by atoms with E-state index in [0.717, 1.165) is 5.56 Å². The molecule has 0 fully saturated rings. The molecule has 13 heavy (non-hydrogen) atoms. The molecule has 0 amide bonds. The molecule has 0 heterocycles. The molecular formula is C9H13BO3. The van der Waals surface area contributed by atoms with Gasteiger partial charge >= 0.3 is 7.32 Å². The van der Waals surface area contributed by atoms with Gasteiger partial charge in [0.2, 0.25) is 0 Å². The first-order valence-electron chi connectivity index (χ1n) is 4.22. The number of hydrogen-bond acceptors (Lipinski definition) is 3. The molecule has 3 nitrogen and oxygen atoms in total. The predicted octanol–water partition coefficient (Wildman–Crippen LogP) is 1.16. The third-order valence-electron chi connectivity index (χ3n) is 1.77. The van der Waals surface area contributed by atoms with Gasteiger partial charge in [-0.1, -0.05) is 26.0 Å². The second-order valence-electron chi connectivity index (χ2n) is 3.17. The van der Waals surface area contributed by atoms with Gasteiger partial charge in [-0.25, -0.2) is 0 Å². The fraction of sp³-hybridized carbons (Fsp3) is 0.333. The molecule has 0 bridgehead atoms. The third-order valence-corrected chi connectivity index (χ3v) is 1.77. The normalized spacial score (nSPS) is 10.2. The molecule has 1 aromatic rings. The Morgan fingerprint density at radius 1 is 1.31 bits per heavy atom. The lowest BCUT2D eigenvalue weighted by Gasteiger charge is -2.08. The Hall–Kier alpha value is -0.995. The summed E-state index contributed by atoms with van der Waals surface area (Å²) in [4.78, 5) is 0. The first-order valence-corrected chi connectivity index (χ1v) is 4.22. The van der Waals surface area contributed by atoms with Crippen LogP contribution in [0.15, 0.2) is 24.3 Å². The fourth-order valence-corrected chi connectivity index (χ4v) is 1.07. The smallest absolute Gasteiger partial charge is 0.512 e. The van der Waals surface area contributed by atoms with E-state index in [1.165, 1.54) is 0 Å². The molecule has 0 saturated heterocycles. The molecule has 0 unspecified atom stereocenters. The van der Waals surface area contributed by atoms with Crippen molar-refractivity contribution in [3.63, 3.8) is 0 Å². The zero-order chi connectivity index (χ0) is 9.84. The first-order chi connectivity index (χ1) is 6.09. The molecule has 70 valence electrons. The Balaban J connectivity index is 2.79. The van der Waals surface area contributed by atoms with E-state index in [2.05, 4.69) is 13.8 Å². The molecule has 2 N–H and O–H groups in total. The van der Waals surface area contributed by atoms with E-state index in [4.69, 9.17) is 14.7 Å². The van der Waals surface area contributed by atoms with E-state index in [1.54, 1.807) is 12.1 Å². The van der Waals surface area contributed by atoms with Crippen molar-refractivity contribution < 1.29 is 14.7 Å². The SMILES string of the molecule is CC(C)c1cccc(OB(O)O)c1. The Kier molecular flexibility index (Phi) is 3.34. The third kappa shape index (κ3) is 3.09. The average Bonchev–Trinajstić information content (AvgIpc) is 2.03. The molecule has 1 rings (SSSR count). The predicted molar refractivity (Wildman–Crippen MR) is 51.4 cm³/mol. The summed E-state index contributed by atoms with van der Waals surface area (Å²) in [5, 5.41) is 17.1. The summed E-state index contributed by atoms with van der Waals surface area (Å²) < 4.78 is 4.72. The van der Waals surface area contributed by atoms with Crippen LogP contribution in [0.4, 0.5) is 0 Å². The molecule has 0 radical (unpaired) electrons. The number of benzene rings is 1. The summed E-state index contributed by atoms with van der Waals surface area (Å²) >= 11 is 0. The minimum atomic E-state index is -1.75. The summed E-state index contributed by atoms with van der Waals surface area (Å²) in [6.45, 7) is 4.13. The van der Waals surface area contributed by atoms with Crippen LogP contribution in [0.5, 0.6) is 5.75 Å². The molecule has 0 aliphatic carbocycles. The van der Waals surface area contributed by atoms with Crippen molar-refractivity contribution in [2.24, 2.45) is 0 Å². The topological polar surface area (TPSA) is 49.7 Å². The van der Waals surface area contributed by atoms with Gasteiger partial charge in [0.25, 0.3) is 0 Å². The Bertz CT molecular complexity index is 273. The van der Waals surface area contributed by atoms with Crippen molar-refractivity contribution in [2.45, 2.75) is 19.8 Å². The monoisotopic (exact) mass is 180 g/mol. The lowest BCUT2D eigenvalue weighted by Crippen LogP contribution is -2.20. The van der Waals surface area contributed by atoms with E-state index in [9.17, 15) is 0 Å². The Morgan fingerprint density at radius 3 is 2.54 bits per heavy atom. The van der Waals surface area contributed by atoms with Gasteiger partial charge in [0.15, 0.2) is 0 Å². The van der Waals surface area contributed by atoms with Crippen LogP contribution >= 0.6 is 0 Å². The van der Waals surface area contributed by atoms with Gasteiger partial charge in [-0.05, 0) is 23.6 Å². The van der Waals surface area contributed by atoms with Gasteiger partial charge in [-0.2, -0.15) is 0 Å². The van der Waals surface area contributed by atoms with Crippen molar-refractivity contribution >= 4 is 7.32 Å². The highest BCUT2D eigenvalue weighted by Crippen LogP contribution is 2.19. The van der Waals surface area contributed by atoms with Crippen LogP contribution in [0.25, 0.3) is 0 Å². The Labute approximate surface area is 78.2 Å². The minimum absolute atomic E-state index is 0.402. The number of hydrogen-bond donors (Lipinski definition) is 2. The average molecular weight is 180 g/mol. The highest BCUT2D eigenvalue weighted by molar-refractivity contribution is 6.33. The summed E-state index contributed by atoms with van der Waals surface area (Å²) in [6, 6.07) is 7.28. The first kappa shape index (κ1) is 10.1. The van der Waals surface area contributed by atoms with Gasteiger partial charge in [0.1, 0.15) is 5.75 Å². The number of rotatable bonds is 3. The summed E-state index contributed by atoms with van der Waals surface area (Å²) in [5.41, 5.74) is 1.11. The summed E-state index contributed by atoms with van der Waals surface area (Å²) in [6.07, 6.45) is 0. The van der Waals surface area contributed by atoms with Crippen LogP contribution in [-0.4, -0.2) is 17.4 Å². The second kappa shape index (κ2) is 4.30. The van der Waals surface area contributed by atoms with Crippen molar-refractivity contribution in [3.8, 4) is 5.75 Å². The minimum Gasteiger partial charge on any atom is -0.512 e. The van der Waals surface area contributed by atoms with Gasteiger partial charge in [0.05, 0.1) is 0 Å². The lowest BCUT2D eigenvalue weighted by atomic mass is 10.0. The maximum Gasteiger partial charge on any atom is 0.707 e. The van der Waals surface area contributed by atoms with Crippen LogP contribution in [0.1, 0.15) is 25.3 Å². The molecule has 0 spiro atoms. The van der Waals surface area contributed by atoms with Gasteiger partial charge in [-0.3, -0.25) is 0 Å². The molecule has 0 saturated carbocycles. The van der Waals surface area contributed by atoms with E-state index in [0.29, 0.717) is 11.7 Å². The van der Waals surface area contributed by atoms with Gasteiger partial charge in [0, 0.05) is 0 Å². The molecule has 0 aliphatic rings. The fourth-order valence-electron chi connectivity index (χ4n) is 1.07. The molecule has 0 aromatic heterocycles.